The van der Waals surface area contributed by atoms with E-state index >= 15 is 0 Å². The molecule has 0 aliphatic heterocycles. The SMILES string of the molecule is O=C(c1ccc(Cl)nc1)C(Br)Br. The summed E-state index contributed by atoms with van der Waals surface area (Å²) in [5, 5.41) is 0.382. The molecule has 1 heterocycles. The number of carbonyl (C=O) groups is 1. The van der Waals surface area contributed by atoms with Crippen molar-refractivity contribution in [3.63, 3.8) is 0 Å². The predicted octanol–water partition coefficient (Wildman–Crippen LogP) is 3.03. The summed E-state index contributed by atoms with van der Waals surface area (Å²) in [6, 6.07) is 3.21. The summed E-state index contributed by atoms with van der Waals surface area (Å²) in [5.74, 6) is -0.0702. The van der Waals surface area contributed by atoms with Crippen molar-refractivity contribution in [1.82, 2.24) is 4.98 Å². The average Bonchev–Trinajstić information content (AvgIpc) is 2.04. The molecule has 2 nitrogen and oxygen atoms in total. The summed E-state index contributed by atoms with van der Waals surface area (Å²) < 4.78 is -0.368. The fourth-order valence-corrected chi connectivity index (χ4v) is 1.29. The minimum atomic E-state index is -0.368. The van der Waals surface area contributed by atoms with Gasteiger partial charge in [0.05, 0.1) is 0 Å². The molecule has 0 saturated heterocycles. The van der Waals surface area contributed by atoms with E-state index in [0.717, 1.165) is 0 Å². The molecule has 0 unspecified atom stereocenters. The third kappa shape index (κ3) is 2.54. The van der Waals surface area contributed by atoms with Gasteiger partial charge in [-0.15, -0.1) is 0 Å². The third-order valence-corrected chi connectivity index (χ3v) is 2.27. The van der Waals surface area contributed by atoms with Gasteiger partial charge in [-0.3, -0.25) is 4.79 Å². The Balaban J connectivity index is 2.90. The first-order valence-electron chi connectivity index (χ1n) is 3.05. The van der Waals surface area contributed by atoms with E-state index in [1.165, 1.54) is 6.20 Å². The lowest BCUT2D eigenvalue weighted by molar-refractivity contribution is 0.101. The highest BCUT2D eigenvalue weighted by Gasteiger charge is 2.12. The first kappa shape index (κ1) is 10.2. The van der Waals surface area contributed by atoms with Gasteiger partial charge in [-0.25, -0.2) is 4.98 Å². The van der Waals surface area contributed by atoms with Crippen LogP contribution < -0.4 is 0 Å². The summed E-state index contributed by atoms with van der Waals surface area (Å²) in [6.45, 7) is 0. The summed E-state index contributed by atoms with van der Waals surface area (Å²) in [7, 11) is 0. The zero-order valence-corrected chi connectivity index (χ0v) is 9.73. The Labute approximate surface area is 91.6 Å². The topological polar surface area (TPSA) is 30.0 Å². The largest absolute Gasteiger partial charge is 0.292 e. The van der Waals surface area contributed by atoms with Crippen LogP contribution in [0.3, 0.4) is 0 Å². The standard InChI is InChI=1S/C7H4Br2ClNO/c8-7(9)6(12)4-1-2-5(10)11-3-4/h1-3,7H. The Hall–Kier alpha value is 0.0700. The van der Waals surface area contributed by atoms with Crippen LogP contribution in [0.4, 0.5) is 0 Å². The van der Waals surface area contributed by atoms with E-state index in [0.29, 0.717) is 10.7 Å². The number of hydrogen-bond donors (Lipinski definition) is 0. The Kier molecular flexibility index (Phi) is 3.68. The minimum absolute atomic E-state index is 0.0702. The van der Waals surface area contributed by atoms with Crippen molar-refractivity contribution in [2.24, 2.45) is 0 Å². The molecule has 0 amide bonds. The molecule has 0 bridgehead atoms. The highest BCUT2D eigenvalue weighted by Crippen LogP contribution is 2.15. The van der Waals surface area contributed by atoms with Crippen LogP contribution in [-0.2, 0) is 0 Å². The van der Waals surface area contributed by atoms with Gasteiger partial charge in [0, 0.05) is 11.8 Å². The van der Waals surface area contributed by atoms with Gasteiger partial charge < -0.3 is 0 Å². The first-order chi connectivity index (χ1) is 5.61. The Morgan fingerprint density at radius 3 is 2.58 bits per heavy atom. The molecular formula is C7H4Br2ClNO. The Morgan fingerprint density at radius 2 is 2.17 bits per heavy atom. The zero-order chi connectivity index (χ0) is 9.14. The second-order valence-electron chi connectivity index (χ2n) is 2.03. The Morgan fingerprint density at radius 1 is 1.50 bits per heavy atom. The number of hydrogen-bond acceptors (Lipinski definition) is 2. The fourth-order valence-electron chi connectivity index (χ4n) is 0.648. The lowest BCUT2D eigenvalue weighted by Gasteiger charge is -1.99. The maximum Gasteiger partial charge on any atom is 0.188 e. The molecule has 0 saturated carbocycles. The molecule has 5 heteroatoms. The number of aromatic nitrogens is 1. The van der Waals surface area contributed by atoms with Gasteiger partial charge >= 0.3 is 0 Å². The monoisotopic (exact) mass is 311 g/mol. The predicted molar refractivity (Wildman–Crippen MR) is 55.2 cm³/mol. The molecule has 1 rings (SSSR count). The van der Waals surface area contributed by atoms with Gasteiger partial charge in [0.15, 0.2) is 5.78 Å². The van der Waals surface area contributed by atoms with Gasteiger partial charge in [-0.1, -0.05) is 43.5 Å². The van der Waals surface area contributed by atoms with Crippen molar-refractivity contribution in [2.45, 2.75) is 3.74 Å². The Bertz CT molecular complexity index is 286. The minimum Gasteiger partial charge on any atom is -0.292 e. The molecule has 0 N–H and O–H groups in total. The molecule has 0 fully saturated rings. The van der Waals surface area contributed by atoms with E-state index in [2.05, 4.69) is 36.8 Å². The van der Waals surface area contributed by atoms with E-state index in [-0.39, 0.29) is 9.52 Å². The zero-order valence-electron chi connectivity index (χ0n) is 5.80. The number of pyridine rings is 1. The van der Waals surface area contributed by atoms with Gasteiger partial charge in [-0.2, -0.15) is 0 Å². The normalized spacial score (nSPS) is 10.3. The number of carbonyl (C=O) groups excluding carboxylic acids is 1. The highest BCUT2D eigenvalue weighted by atomic mass is 79.9. The fraction of sp³-hybridized carbons (Fsp3) is 0.143. The number of alkyl halides is 2. The van der Waals surface area contributed by atoms with Crippen LogP contribution in [0.25, 0.3) is 0 Å². The molecule has 0 aliphatic carbocycles. The maximum absolute atomic E-state index is 11.3. The van der Waals surface area contributed by atoms with Crippen molar-refractivity contribution in [2.75, 3.05) is 0 Å². The smallest absolute Gasteiger partial charge is 0.188 e. The summed E-state index contributed by atoms with van der Waals surface area (Å²) in [4.78, 5) is 15.1. The van der Waals surface area contributed by atoms with E-state index in [9.17, 15) is 4.79 Å². The highest BCUT2D eigenvalue weighted by molar-refractivity contribution is 9.25. The molecular weight excluding hydrogens is 309 g/mol. The van der Waals surface area contributed by atoms with Crippen LogP contribution in [0.2, 0.25) is 5.15 Å². The molecule has 0 atom stereocenters. The van der Waals surface area contributed by atoms with Crippen LogP contribution in [-0.4, -0.2) is 14.5 Å². The second-order valence-corrected chi connectivity index (χ2v) is 5.48. The van der Waals surface area contributed by atoms with E-state index < -0.39 is 0 Å². The van der Waals surface area contributed by atoms with Gasteiger partial charge in [0.25, 0.3) is 0 Å². The first-order valence-corrected chi connectivity index (χ1v) is 5.26. The van der Waals surface area contributed by atoms with Gasteiger partial charge in [0.2, 0.25) is 0 Å². The van der Waals surface area contributed by atoms with Gasteiger partial charge in [-0.05, 0) is 12.1 Å². The number of Topliss-reactive ketones (excluding diaryl/α,β-unsaturated/α-hetero) is 1. The third-order valence-electron chi connectivity index (χ3n) is 1.21. The molecule has 1 aromatic rings. The number of ketones is 1. The van der Waals surface area contributed by atoms with Crippen LogP contribution in [0.5, 0.6) is 0 Å². The van der Waals surface area contributed by atoms with Gasteiger partial charge in [0.1, 0.15) is 8.89 Å². The lowest BCUT2D eigenvalue weighted by atomic mass is 10.2. The molecule has 0 radical (unpaired) electrons. The molecule has 1 aromatic heterocycles. The van der Waals surface area contributed by atoms with E-state index in [1.807, 2.05) is 0 Å². The molecule has 0 aliphatic rings. The molecule has 0 spiro atoms. The number of nitrogens with zero attached hydrogens (tertiary/aromatic N) is 1. The molecule has 64 valence electrons. The number of rotatable bonds is 2. The van der Waals surface area contributed by atoms with Crippen LogP contribution in [0, 0.1) is 0 Å². The second kappa shape index (κ2) is 4.35. The van der Waals surface area contributed by atoms with Crippen LogP contribution in [0.1, 0.15) is 10.4 Å². The average molecular weight is 313 g/mol. The van der Waals surface area contributed by atoms with Crippen molar-refractivity contribution < 1.29 is 4.79 Å². The quantitative estimate of drug-likeness (QED) is 0.477. The molecule has 0 aromatic carbocycles. The summed E-state index contributed by atoms with van der Waals surface area (Å²) >= 11 is 11.8. The van der Waals surface area contributed by atoms with Crippen molar-refractivity contribution in [1.29, 1.82) is 0 Å². The number of halogens is 3. The summed E-state index contributed by atoms with van der Waals surface area (Å²) in [5.41, 5.74) is 0.526. The van der Waals surface area contributed by atoms with Crippen molar-refractivity contribution in [3.05, 3.63) is 29.0 Å². The van der Waals surface area contributed by atoms with Crippen molar-refractivity contribution in [3.8, 4) is 0 Å². The van der Waals surface area contributed by atoms with Crippen LogP contribution >= 0.6 is 43.5 Å². The van der Waals surface area contributed by atoms with Crippen molar-refractivity contribution >= 4 is 49.2 Å². The lowest BCUT2D eigenvalue weighted by Crippen LogP contribution is -2.06. The summed E-state index contributed by atoms with van der Waals surface area (Å²) in [6.07, 6.45) is 1.44. The van der Waals surface area contributed by atoms with Crippen LogP contribution in [0.15, 0.2) is 18.3 Å². The van der Waals surface area contributed by atoms with E-state index in [1.54, 1.807) is 12.1 Å². The van der Waals surface area contributed by atoms with E-state index in [4.69, 9.17) is 11.6 Å². The molecule has 12 heavy (non-hydrogen) atoms. The maximum atomic E-state index is 11.3.